The van der Waals surface area contributed by atoms with Gasteiger partial charge in [-0.3, -0.25) is 10.1 Å². The van der Waals surface area contributed by atoms with E-state index in [0.29, 0.717) is 38.0 Å². The van der Waals surface area contributed by atoms with E-state index in [2.05, 4.69) is 5.32 Å². The zero-order chi connectivity index (χ0) is 15.5. The van der Waals surface area contributed by atoms with Crippen LogP contribution in [0.4, 0.5) is 5.69 Å². The molecule has 0 aromatic heterocycles. The van der Waals surface area contributed by atoms with Crippen LogP contribution in [0.5, 0.6) is 0 Å². The van der Waals surface area contributed by atoms with E-state index in [9.17, 15) is 18.5 Å². The number of piperidine rings is 1. The summed E-state index contributed by atoms with van der Waals surface area (Å²) in [5.74, 6) is 0. The summed E-state index contributed by atoms with van der Waals surface area (Å²) in [6, 6.07) is 6.82. The van der Waals surface area contributed by atoms with Crippen LogP contribution in [0.3, 0.4) is 0 Å². The van der Waals surface area contributed by atoms with Gasteiger partial charge < -0.3 is 5.32 Å². The SMILES string of the molecule is CS(=O)(=O)N1CCC(NCc2ccccc2[N+](=O)[O-])CC1. The molecule has 0 spiro atoms. The van der Waals surface area contributed by atoms with Crippen LogP contribution in [0.25, 0.3) is 0 Å². The van der Waals surface area contributed by atoms with Crippen molar-refractivity contribution in [3.05, 3.63) is 39.9 Å². The number of rotatable bonds is 5. The Hall–Kier alpha value is -1.51. The van der Waals surface area contributed by atoms with Crippen LogP contribution in [-0.2, 0) is 16.6 Å². The first kappa shape index (κ1) is 15.9. The molecule has 8 heteroatoms. The Bertz CT molecular complexity index is 610. The van der Waals surface area contributed by atoms with Gasteiger partial charge in [0.2, 0.25) is 10.0 Å². The molecule has 1 N–H and O–H groups in total. The molecule has 0 atom stereocenters. The normalized spacial score (nSPS) is 17.8. The van der Waals surface area contributed by atoms with Gasteiger partial charge in [0, 0.05) is 37.3 Å². The highest BCUT2D eigenvalue weighted by Crippen LogP contribution is 2.19. The Labute approximate surface area is 124 Å². The van der Waals surface area contributed by atoms with E-state index < -0.39 is 10.0 Å². The molecule has 0 unspecified atom stereocenters. The minimum atomic E-state index is -3.12. The van der Waals surface area contributed by atoms with Crippen molar-refractivity contribution in [1.82, 2.24) is 9.62 Å². The van der Waals surface area contributed by atoms with Crippen LogP contribution in [0.2, 0.25) is 0 Å². The summed E-state index contributed by atoms with van der Waals surface area (Å²) in [7, 11) is -3.12. The Morgan fingerprint density at radius 3 is 2.52 bits per heavy atom. The quantitative estimate of drug-likeness (QED) is 0.649. The molecule has 1 aromatic rings. The number of hydrogen-bond donors (Lipinski definition) is 1. The second kappa shape index (κ2) is 6.50. The van der Waals surface area contributed by atoms with Crippen molar-refractivity contribution in [3.63, 3.8) is 0 Å². The number of sulfonamides is 1. The van der Waals surface area contributed by atoms with Crippen LogP contribution in [0, 0.1) is 10.1 Å². The average Bonchev–Trinajstić information content (AvgIpc) is 2.45. The monoisotopic (exact) mass is 313 g/mol. The fraction of sp³-hybridized carbons (Fsp3) is 0.538. The summed E-state index contributed by atoms with van der Waals surface area (Å²) < 4.78 is 24.3. The summed E-state index contributed by atoms with van der Waals surface area (Å²) in [6.07, 6.45) is 2.65. The van der Waals surface area contributed by atoms with Gasteiger partial charge in [-0.15, -0.1) is 0 Å². The van der Waals surface area contributed by atoms with Gasteiger partial charge in [-0.1, -0.05) is 18.2 Å². The van der Waals surface area contributed by atoms with E-state index in [0.717, 1.165) is 0 Å². The molecule has 1 aliphatic rings. The molecular weight excluding hydrogens is 294 g/mol. The van der Waals surface area contributed by atoms with Gasteiger partial charge in [-0.25, -0.2) is 12.7 Å². The van der Waals surface area contributed by atoms with Crippen LogP contribution in [-0.4, -0.2) is 43.0 Å². The van der Waals surface area contributed by atoms with E-state index in [1.54, 1.807) is 18.2 Å². The lowest BCUT2D eigenvalue weighted by Crippen LogP contribution is -2.44. The maximum atomic E-state index is 11.4. The zero-order valence-corrected chi connectivity index (χ0v) is 12.7. The van der Waals surface area contributed by atoms with Crippen LogP contribution in [0.15, 0.2) is 24.3 Å². The highest BCUT2D eigenvalue weighted by atomic mass is 32.2. The number of para-hydroxylation sites is 1. The second-order valence-corrected chi connectivity index (χ2v) is 7.19. The lowest BCUT2D eigenvalue weighted by Gasteiger charge is -2.30. The number of nitro benzene ring substituents is 1. The highest BCUT2D eigenvalue weighted by molar-refractivity contribution is 7.88. The van der Waals surface area contributed by atoms with Crippen molar-refractivity contribution in [2.45, 2.75) is 25.4 Å². The van der Waals surface area contributed by atoms with E-state index >= 15 is 0 Å². The molecule has 0 radical (unpaired) electrons. The van der Waals surface area contributed by atoms with Gasteiger partial charge in [-0.05, 0) is 12.8 Å². The number of hydrogen-bond acceptors (Lipinski definition) is 5. The van der Waals surface area contributed by atoms with Gasteiger partial charge >= 0.3 is 0 Å². The molecule has 1 aliphatic heterocycles. The van der Waals surface area contributed by atoms with Crippen LogP contribution >= 0.6 is 0 Å². The van der Waals surface area contributed by atoms with E-state index in [1.807, 2.05) is 0 Å². The molecule has 116 valence electrons. The van der Waals surface area contributed by atoms with E-state index in [4.69, 9.17) is 0 Å². The molecule has 1 heterocycles. The van der Waals surface area contributed by atoms with Crippen molar-refractivity contribution in [2.24, 2.45) is 0 Å². The summed E-state index contributed by atoms with van der Waals surface area (Å²) in [4.78, 5) is 10.5. The number of nitro groups is 1. The van der Waals surface area contributed by atoms with Crippen LogP contribution in [0.1, 0.15) is 18.4 Å². The third-order valence-electron chi connectivity index (χ3n) is 3.69. The molecular formula is C13H19N3O4S. The maximum absolute atomic E-state index is 11.4. The number of nitrogens with zero attached hydrogens (tertiary/aromatic N) is 2. The predicted molar refractivity (Wildman–Crippen MR) is 79.4 cm³/mol. The zero-order valence-electron chi connectivity index (χ0n) is 11.9. The van der Waals surface area contributed by atoms with Crippen molar-refractivity contribution >= 4 is 15.7 Å². The molecule has 0 bridgehead atoms. The predicted octanol–water partition coefficient (Wildman–Crippen LogP) is 1.11. The van der Waals surface area contributed by atoms with E-state index in [-0.39, 0.29) is 16.7 Å². The molecule has 1 aromatic carbocycles. The first-order valence-corrected chi connectivity index (χ1v) is 8.63. The largest absolute Gasteiger partial charge is 0.310 e. The molecule has 0 amide bonds. The van der Waals surface area contributed by atoms with Gasteiger partial charge in [0.05, 0.1) is 11.2 Å². The topological polar surface area (TPSA) is 92.6 Å². The summed E-state index contributed by atoms with van der Waals surface area (Å²) in [5, 5.41) is 14.2. The van der Waals surface area contributed by atoms with Crippen molar-refractivity contribution in [1.29, 1.82) is 0 Å². The highest BCUT2D eigenvalue weighted by Gasteiger charge is 2.25. The molecule has 1 saturated heterocycles. The fourth-order valence-corrected chi connectivity index (χ4v) is 3.36. The summed E-state index contributed by atoms with van der Waals surface area (Å²) in [5.41, 5.74) is 0.756. The minimum absolute atomic E-state index is 0.110. The Morgan fingerprint density at radius 1 is 1.33 bits per heavy atom. The molecule has 2 rings (SSSR count). The Morgan fingerprint density at radius 2 is 1.95 bits per heavy atom. The minimum Gasteiger partial charge on any atom is -0.310 e. The van der Waals surface area contributed by atoms with Gasteiger partial charge in [0.15, 0.2) is 0 Å². The summed E-state index contributed by atoms with van der Waals surface area (Å²) in [6.45, 7) is 1.40. The smallest absolute Gasteiger partial charge is 0.273 e. The summed E-state index contributed by atoms with van der Waals surface area (Å²) >= 11 is 0. The molecule has 1 fully saturated rings. The average molecular weight is 313 g/mol. The first-order chi connectivity index (χ1) is 9.88. The number of benzene rings is 1. The lowest BCUT2D eigenvalue weighted by atomic mass is 10.1. The standard InChI is InChI=1S/C13H19N3O4S/c1-21(19,20)15-8-6-12(7-9-15)14-10-11-4-2-3-5-13(11)16(17)18/h2-5,12,14H,6-10H2,1H3. The molecule has 21 heavy (non-hydrogen) atoms. The number of nitrogens with one attached hydrogen (secondary N) is 1. The van der Waals surface area contributed by atoms with Gasteiger partial charge in [0.1, 0.15) is 0 Å². The maximum Gasteiger partial charge on any atom is 0.273 e. The van der Waals surface area contributed by atoms with Crippen molar-refractivity contribution < 1.29 is 13.3 Å². The third kappa shape index (κ3) is 4.23. The fourth-order valence-electron chi connectivity index (χ4n) is 2.48. The Kier molecular flexibility index (Phi) is 4.92. The molecule has 7 nitrogen and oxygen atoms in total. The molecule has 0 saturated carbocycles. The first-order valence-electron chi connectivity index (χ1n) is 6.78. The van der Waals surface area contributed by atoms with Crippen LogP contribution < -0.4 is 5.32 Å². The van der Waals surface area contributed by atoms with E-state index in [1.165, 1.54) is 16.6 Å². The second-order valence-electron chi connectivity index (χ2n) is 5.20. The third-order valence-corrected chi connectivity index (χ3v) is 5.00. The van der Waals surface area contributed by atoms with Crippen molar-refractivity contribution in [3.8, 4) is 0 Å². The van der Waals surface area contributed by atoms with Gasteiger partial charge in [-0.2, -0.15) is 0 Å². The molecule has 0 aliphatic carbocycles. The van der Waals surface area contributed by atoms with Crippen molar-refractivity contribution in [2.75, 3.05) is 19.3 Å². The van der Waals surface area contributed by atoms with Gasteiger partial charge in [0.25, 0.3) is 5.69 Å². The Balaban J connectivity index is 1.90. The lowest BCUT2D eigenvalue weighted by molar-refractivity contribution is -0.385.